The first-order chi connectivity index (χ1) is 19.1. The van der Waals surface area contributed by atoms with E-state index >= 15 is 0 Å². The van der Waals surface area contributed by atoms with Gasteiger partial charge in [0.2, 0.25) is 15.7 Å². The van der Waals surface area contributed by atoms with Crippen LogP contribution in [-0.2, 0) is 16.3 Å². The first kappa shape index (κ1) is 28.6. The van der Waals surface area contributed by atoms with E-state index in [1.54, 1.807) is 43.5 Å². The minimum Gasteiger partial charge on any atom is -0.493 e. The summed E-state index contributed by atoms with van der Waals surface area (Å²) in [7, 11) is -4.49. The Kier molecular flexibility index (Phi) is 8.45. The predicted molar refractivity (Wildman–Crippen MR) is 148 cm³/mol. The minimum atomic E-state index is -4.49. The molecule has 0 spiro atoms. The van der Waals surface area contributed by atoms with Gasteiger partial charge in [0, 0.05) is 23.9 Å². The molecular formula is C30H29FN4O4S. The number of aryl methyl sites for hydroxylation is 2. The summed E-state index contributed by atoms with van der Waals surface area (Å²) in [4.78, 5) is 20.5. The fourth-order valence-electron chi connectivity index (χ4n) is 4.74. The predicted octanol–water partition coefficient (Wildman–Crippen LogP) is 5.50. The zero-order valence-corrected chi connectivity index (χ0v) is 23.2. The van der Waals surface area contributed by atoms with Crippen molar-refractivity contribution in [1.29, 1.82) is 5.26 Å². The Labute approximate surface area is 232 Å². The molecule has 0 saturated carbocycles. The molecule has 206 valence electrons. The van der Waals surface area contributed by atoms with E-state index in [9.17, 15) is 22.7 Å². The molecule has 1 atom stereocenters. The highest BCUT2D eigenvalue weighted by atomic mass is 32.2. The molecule has 8 nitrogen and oxygen atoms in total. The number of sulfone groups is 1. The van der Waals surface area contributed by atoms with Crippen LogP contribution in [0.1, 0.15) is 61.8 Å². The number of aromatic hydroxyl groups is 1. The first-order valence-electron chi connectivity index (χ1n) is 12.9. The van der Waals surface area contributed by atoms with E-state index in [-0.39, 0.29) is 16.3 Å². The van der Waals surface area contributed by atoms with Crippen molar-refractivity contribution < 1.29 is 17.9 Å². The molecular weight excluding hydrogens is 531 g/mol. The van der Waals surface area contributed by atoms with Crippen molar-refractivity contribution in [3.63, 3.8) is 0 Å². The Hall–Kier alpha value is -4.36. The third kappa shape index (κ3) is 5.38. The third-order valence-corrected chi connectivity index (χ3v) is 8.62. The number of hydrogen-bond acceptors (Lipinski definition) is 7. The second kappa shape index (κ2) is 11.8. The fourth-order valence-corrected chi connectivity index (χ4v) is 6.08. The number of nitriles is 1. The molecule has 0 aliphatic rings. The van der Waals surface area contributed by atoms with Gasteiger partial charge in [-0.1, -0.05) is 44.5 Å². The summed E-state index contributed by atoms with van der Waals surface area (Å²) in [5.74, 6) is -1.30. The van der Waals surface area contributed by atoms with Crippen molar-refractivity contribution in [2.45, 2.75) is 62.3 Å². The molecule has 0 aliphatic carbocycles. The summed E-state index contributed by atoms with van der Waals surface area (Å²) in [6, 6.07) is 14.7. The number of benzene rings is 2. The lowest BCUT2D eigenvalue weighted by Crippen LogP contribution is -2.27. The number of rotatable bonds is 9. The summed E-state index contributed by atoms with van der Waals surface area (Å²) in [6.45, 7) is 5.58. The van der Waals surface area contributed by atoms with Gasteiger partial charge in [0.15, 0.2) is 4.90 Å². The molecule has 2 aromatic carbocycles. The second-order valence-electron chi connectivity index (χ2n) is 9.40. The van der Waals surface area contributed by atoms with Crippen molar-refractivity contribution in [2.75, 3.05) is 0 Å². The highest BCUT2D eigenvalue weighted by Crippen LogP contribution is 2.34. The van der Waals surface area contributed by atoms with Crippen LogP contribution in [0.25, 0.3) is 11.1 Å². The maximum absolute atomic E-state index is 14.5. The molecule has 4 aromatic rings. The molecule has 0 bridgehead atoms. The first-order valence-corrected chi connectivity index (χ1v) is 14.4. The van der Waals surface area contributed by atoms with Crippen molar-refractivity contribution >= 4 is 9.84 Å². The summed E-state index contributed by atoms with van der Waals surface area (Å²) in [5.41, 5.74) is 1.55. The molecule has 40 heavy (non-hydrogen) atoms. The average Bonchev–Trinajstić information content (AvgIpc) is 2.94. The standard InChI is InChI=1S/C30H29FN4O4S/c1-4-6-9-27-34-29(36)28(30(37)35(27)26(5-2)21-10-11-22(18-32)25(31)17-21)40(38,39)23-14-12-20(13-15-23)24-8-7-16-33-19(24)3/h7-8,10-17,26,37H,4-6,9H2,1-3H3. The maximum Gasteiger partial charge on any atom is 0.296 e. The van der Waals surface area contributed by atoms with Gasteiger partial charge >= 0.3 is 0 Å². The number of unbranched alkanes of at least 4 members (excludes halogenated alkanes) is 1. The Morgan fingerprint density at radius 2 is 1.85 bits per heavy atom. The van der Waals surface area contributed by atoms with E-state index in [1.165, 1.54) is 28.8 Å². The molecule has 10 heteroatoms. The highest BCUT2D eigenvalue weighted by molar-refractivity contribution is 7.91. The molecule has 2 heterocycles. The lowest BCUT2D eigenvalue weighted by molar-refractivity contribution is 0.358. The topological polar surface area (TPSA) is 126 Å². The van der Waals surface area contributed by atoms with Crippen LogP contribution in [0.15, 0.2) is 75.4 Å². The molecule has 0 amide bonds. The quantitative estimate of drug-likeness (QED) is 0.286. The Morgan fingerprint density at radius 1 is 1.12 bits per heavy atom. The van der Waals surface area contributed by atoms with Crippen molar-refractivity contribution in [3.05, 3.63) is 99.6 Å². The summed E-state index contributed by atoms with van der Waals surface area (Å²) in [6.07, 6.45) is 3.68. The van der Waals surface area contributed by atoms with Gasteiger partial charge in [0.05, 0.1) is 16.5 Å². The van der Waals surface area contributed by atoms with Crippen molar-refractivity contribution in [1.82, 2.24) is 14.5 Å². The van der Waals surface area contributed by atoms with Crippen LogP contribution in [0.3, 0.4) is 0 Å². The average molecular weight is 561 g/mol. The van der Waals surface area contributed by atoms with Crippen molar-refractivity contribution in [2.24, 2.45) is 0 Å². The van der Waals surface area contributed by atoms with Crippen LogP contribution in [-0.4, -0.2) is 28.1 Å². The van der Waals surface area contributed by atoms with Gasteiger partial charge in [-0.3, -0.25) is 14.3 Å². The normalized spacial score (nSPS) is 12.2. The third-order valence-electron chi connectivity index (χ3n) is 6.84. The van der Waals surface area contributed by atoms with Crippen LogP contribution in [0.2, 0.25) is 0 Å². The zero-order chi connectivity index (χ0) is 29.0. The van der Waals surface area contributed by atoms with Crippen LogP contribution < -0.4 is 5.56 Å². The molecule has 1 N–H and O–H groups in total. The number of pyridine rings is 1. The number of hydrogen-bond donors (Lipinski definition) is 1. The van der Waals surface area contributed by atoms with Gasteiger partial charge in [0.25, 0.3) is 5.56 Å². The van der Waals surface area contributed by atoms with Gasteiger partial charge in [-0.05, 0) is 61.2 Å². The summed E-state index contributed by atoms with van der Waals surface area (Å²) in [5, 5.41) is 20.6. The Balaban J connectivity index is 1.88. The number of aromatic nitrogens is 3. The minimum absolute atomic E-state index is 0.139. The monoisotopic (exact) mass is 560 g/mol. The fraction of sp³-hybridized carbons (Fsp3) is 0.267. The Bertz CT molecular complexity index is 1760. The number of halogens is 1. The van der Waals surface area contributed by atoms with Crippen molar-refractivity contribution in [3.8, 4) is 23.1 Å². The van der Waals surface area contributed by atoms with Gasteiger partial charge in [-0.2, -0.15) is 10.2 Å². The van der Waals surface area contributed by atoms with E-state index in [0.717, 1.165) is 23.2 Å². The molecule has 0 saturated heterocycles. The van der Waals surface area contributed by atoms with Gasteiger partial charge in [-0.15, -0.1) is 0 Å². The molecule has 2 aromatic heterocycles. The maximum atomic E-state index is 14.5. The van der Waals surface area contributed by atoms with E-state index in [2.05, 4.69) is 9.97 Å². The van der Waals surface area contributed by atoms with Crippen LogP contribution in [0.4, 0.5) is 4.39 Å². The smallest absolute Gasteiger partial charge is 0.296 e. The van der Waals surface area contributed by atoms with E-state index in [0.29, 0.717) is 24.8 Å². The van der Waals surface area contributed by atoms with Gasteiger partial charge in [-0.25, -0.2) is 12.8 Å². The van der Waals surface area contributed by atoms with Crippen LogP contribution >= 0.6 is 0 Å². The SMILES string of the molecule is CCCCc1nc(=O)c(S(=O)(=O)c2ccc(-c3cccnc3C)cc2)c(O)n1C(CC)c1ccc(C#N)c(F)c1. The molecule has 4 rings (SSSR count). The summed E-state index contributed by atoms with van der Waals surface area (Å²) >= 11 is 0. The van der Waals surface area contributed by atoms with E-state index in [1.807, 2.05) is 19.9 Å². The number of nitrogens with zero attached hydrogens (tertiary/aromatic N) is 4. The lowest BCUT2D eigenvalue weighted by Gasteiger charge is -2.25. The zero-order valence-electron chi connectivity index (χ0n) is 22.4. The lowest BCUT2D eigenvalue weighted by atomic mass is 10.0. The van der Waals surface area contributed by atoms with Crippen LogP contribution in [0, 0.1) is 24.1 Å². The van der Waals surface area contributed by atoms with Gasteiger partial charge < -0.3 is 5.11 Å². The summed E-state index contributed by atoms with van der Waals surface area (Å²) < 4.78 is 43.3. The molecule has 0 aliphatic heterocycles. The van der Waals surface area contributed by atoms with Crippen LogP contribution in [0.5, 0.6) is 5.88 Å². The molecule has 1 unspecified atom stereocenters. The molecule has 0 radical (unpaired) electrons. The van der Waals surface area contributed by atoms with Gasteiger partial charge in [0.1, 0.15) is 17.7 Å². The van der Waals surface area contributed by atoms with E-state index in [4.69, 9.17) is 5.26 Å². The molecule has 0 fully saturated rings. The largest absolute Gasteiger partial charge is 0.493 e. The van der Waals surface area contributed by atoms with E-state index < -0.39 is 38.0 Å². The second-order valence-corrected chi connectivity index (χ2v) is 11.3. The Morgan fingerprint density at radius 3 is 2.45 bits per heavy atom. The highest BCUT2D eigenvalue weighted by Gasteiger charge is 2.32.